The zero-order valence-electron chi connectivity index (χ0n) is 10.9. The molecule has 0 radical (unpaired) electrons. The van der Waals surface area contributed by atoms with Gasteiger partial charge in [-0.25, -0.2) is 4.98 Å². The summed E-state index contributed by atoms with van der Waals surface area (Å²) in [5, 5.41) is 13.3. The third-order valence-corrected chi connectivity index (χ3v) is 3.50. The maximum atomic E-state index is 9.02. The van der Waals surface area contributed by atoms with Crippen LogP contribution in [0.4, 0.5) is 5.13 Å². The summed E-state index contributed by atoms with van der Waals surface area (Å²) in [6.07, 6.45) is 3.03. The highest BCUT2D eigenvalue weighted by Crippen LogP contribution is 2.20. The average Bonchev–Trinajstić information content (AvgIpc) is 2.73. The number of aliphatic hydroxyl groups is 1. The lowest BCUT2D eigenvalue weighted by Crippen LogP contribution is -2.32. The lowest BCUT2D eigenvalue weighted by atomic mass is 10.3. The number of aliphatic hydroxyl groups excluding tert-OH is 1. The fourth-order valence-electron chi connectivity index (χ4n) is 1.54. The molecular weight excluding hydrogens is 234 g/mol. The van der Waals surface area contributed by atoms with Gasteiger partial charge in [-0.2, -0.15) is 0 Å². The number of aromatic nitrogens is 1. The van der Waals surface area contributed by atoms with E-state index in [-0.39, 0.29) is 6.61 Å². The molecule has 1 heterocycles. The van der Waals surface area contributed by atoms with E-state index in [0.29, 0.717) is 12.6 Å². The van der Waals surface area contributed by atoms with Crippen molar-refractivity contribution in [1.82, 2.24) is 9.88 Å². The van der Waals surface area contributed by atoms with Crippen LogP contribution < -0.4 is 5.32 Å². The van der Waals surface area contributed by atoms with Gasteiger partial charge in [-0.1, -0.05) is 6.92 Å². The Hall–Kier alpha value is -0.650. The summed E-state index contributed by atoms with van der Waals surface area (Å²) in [6, 6.07) is 0.441. The van der Waals surface area contributed by atoms with E-state index >= 15 is 0 Å². The zero-order valence-corrected chi connectivity index (χ0v) is 11.8. The van der Waals surface area contributed by atoms with Gasteiger partial charge in [-0.15, -0.1) is 11.3 Å². The van der Waals surface area contributed by atoms with E-state index in [1.807, 2.05) is 6.20 Å². The van der Waals surface area contributed by atoms with Gasteiger partial charge in [-0.3, -0.25) is 4.90 Å². The molecule has 1 aromatic heterocycles. The standard InChI is InChI=1S/C12H23N3OS/c1-4-5-13-12-14-8-11(17-12)9-15(6-7-16)10(2)3/h8,10,16H,4-7,9H2,1-3H3,(H,13,14). The van der Waals surface area contributed by atoms with Gasteiger partial charge in [0, 0.05) is 36.8 Å². The molecular formula is C12H23N3OS. The van der Waals surface area contributed by atoms with Crippen molar-refractivity contribution in [3.63, 3.8) is 0 Å². The topological polar surface area (TPSA) is 48.4 Å². The summed E-state index contributed by atoms with van der Waals surface area (Å²) in [7, 11) is 0. The lowest BCUT2D eigenvalue weighted by molar-refractivity contribution is 0.160. The molecule has 0 spiro atoms. The van der Waals surface area contributed by atoms with Crippen LogP contribution in [0.5, 0.6) is 0 Å². The first-order valence-electron chi connectivity index (χ1n) is 6.20. The Morgan fingerprint density at radius 1 is 1.53 bits per heavy atom. The SMILES string of the molecule is CCCNc1ncc(CN(CCO)C(C)C)s1. The van der Waals surface area contributed by atoms with Gasteiger partial charge in [0.1, 0.15) is 0 Å². The normalized spacial score (nSPS) is 11.4. The molecule has 0 aromatic carbocycles. The third kappa shape index (κ3) is 5.02. The molecule has 0 bridgehead atoms. The van der Waals surface area contributed by atoms with E-state index in [9.17, 15) is 0 Å². The minimum absolute atomic E-state index is 0.206. The fourth-order valence-corrected chi connectivity index (χ4v) is 2.41. The third-order valence-electron chi connectivity index (χ3n) is 2.56. The van der Waals surface area contributed by atoms with Crippen molar-refractivity contribution in [2.24, 2.45) is 0 Å². The molecule has 1 aromatic rings. The second-order valence-corrected chi connectivity index (χ2v) is 5.46. The van der Waals surface area contributed by atoms with Crippen LogP contribution in [-0.2, 0) is 6.54 Å². The minimum Gasteiger partial charge on any atom is -0.395 e. The molecule has 0 unspecified atom stereocenters. The van der Waals surface area contributed by atoms with Crippen molar-refractivity contribution in [1.29, 1.82) is 0 Å². The molecule has 5 heteroatoms. The first kappa shape index (κ1) is 14.4. The van der Waals surface area contributed by atoms with Crippen molar-refractivity contribution in [2.75, 3.05) is 25.0 Å². The fraction of sp³-hybridized carbons (Fsp3) is 0.750. The van der Waals surface area contributed by atoms with Crippen LogP contribution in [0.25, 0.3) is 0 Å². The predicted molar refractivity (Wildman–Crippen MR) is 73.5 cm³/mol. The molecule has 0 fully saturated rings. The van der Waals surface area contributed by atoms with E-state index < -0.39 is 0 Å². The maximum absolute atomic E-state index is 9.02. The first-order valence-corrected chi connectivity index (χ1v) is 7.02. The van der Waals surface area contributed by atoms with Crippen LogP contribution in [-0.4, -0.2) is 40.7 Å². The Morgan fingerprint density at radius 2 is 2.29 bits per heavy atom. The zero-order chi connectivity index (χ0) is 12.7. The molecule has 0 aliphatic heterocycles. The van der Waals surface area contributed by atoms with Gasteiger partial charge in [-0.05, 0) is 20.3 Å². The van der Waals surface area contributed by atoms with E-state index in [0.717, 1.165) is 24.6 Å². The Kier molecular flexibility index (Phi) is 6.47. The van der Waals surface area contributed by atoms with E-state index in [1.165, 1.54) is 4.88 Å². The number of anilines is 1. The van der Waals surface area contributed by atoms with Gasteiger partial charge in [0.2, 0.25) is 0 Å². The molecule has 4 nitrogen and oxygen atoms in total. The summed E-state index contributed by atoms with van der Waals surface area (Å²) >= 11 is 1.70. The van der Waals surface area contributed by atoms with E-state index in [2.05, 4.69) is 36.0 Å². The van der Waals surface area contributed by atoms with Crippen molar-refractivity contribution < 1.29 is 5.11 Å². The molecule has 0 saturated carbocycles. The highest BCUT2D eigenvalue weighted by atomic mass is 32.1. The molecule has 0 saturated heterocycles. The summed E-state index contributed by atoms with van der Waals surface area (Å²) in [6.45, 7) is 9.19. The number of nitrogens with zero attached hydrogens (tertiary/aromatic N) is 2. The molecule has 17 heavy (non-hydrogen) atoms. The number of hydrogen-bond donors (Lipinski definition) is 2. The van der Waals surface area contributed by atoms with Crippen molar-refractivity contribution >= 4 is 16.5 Å². The Morgan fingerprint density at radius 3 is 2.88 bits per heavy atom. The second-order valence-electron chi connectivity index (χ2n) is 4.35. The smallest absolute Gasteiger partial charge is 0.182 e. The second kappa shape index (κ2) is 7.63. The Bertz CT molecular complexity index is 314. The van der Waals surface area contributed by atoms with Crippen LogP contribution >= 0.6 is 11.3 Å². The molecule has 0 amide bonds. The monoisotopic (exact) mass is 257 g/mol. The molecule has 98 valence electrons. The summed E-state index contributed by atoms with van der Waals surface area (Å²) in [4.78, 5) is 7.83. The number of hydrogen-bond acceptors (Lipinski definition) is 5. The van der Waals surface area contributed by atoms with Gasteiger partial charge >= 0.3 is 0 Å². The van der Waals surface area contributed by atoms with Crippen molar-refractivity contribution in [2.45, 2.75) is 39.8 Å². The van der Waals surface area contributed by atoms with Crippen LogP contribution in [0.3, 0.4) is 0 Å². The average molecular weight is 257 g/mol. The molecule has 0 atom stereocenters. The van der Waals surface area contributed by atoms with Gasteiger partial charge in [0.15, 0.2) is 5.13 Å². The predicted octanol–water partition coefficient (Wildman–Crippen LogP) is 2.17. The molecule has 1 rings (SSSR count). The highest BCUT2D eigenvalue weighted by Gasteiger charge is 2.11. The summed E-state index contributed by atoms with van der Waals surface area (Å²) < 4.78 is 0. The highest BCUT2D eigenvalue weighted by molar-refractivity contribution is 7.15. The molecule has 0 aliphatic rings. The van der Waals surface area contributed by atoms with Crippen LogP contribution in [0.15, 0.2) is 6.20 Å². The largest absolute Gasteiger partial charge is 0.395 e. The number of rotatable bonds is 8. The Balaban J connectivity index is 2.51. The summed E-state index contributed by atoms with van der Waals surface area (Å²) in [5.74, 6) is 0. The van der Waals surface area contributed by atoms with Crippen molar-refractivity contribution in [3.8, 4) is 0 Å². The minimum atomic E-state index is 0.206. The van der Waals surface area contributed by atoms with Gasteiger partial charge in [0.25, 0.3) is 0 Å². The van der Waals surface area contributed by atoms with E-state index in [1.54, 1.807) is 11.3 Å². The van der Waals surface area contributed by atoms with E-state index in [4.69, 9.17) is 5.11 Å². The molecule has 0 aliphatic carbocycles. The van der Waals surface area contributed by atoms with Crippen LogP contribution in [0.2, 0.25) is 0 Å². The Labute approximate surface area is 108 Å². The number of nitrogens with one attached hydrogen (secondary N) is 1. The van der Waals surface area contributed by atoms with Crippen LogP contribution in [0.1, 0.15) is 32.1 Å². The van der Waals surface area contributed by atoms with Crippen molar-refractivity contribution in [3.05, 3.63) is 11.1 Å². The molecule has 2 N–H and O–H groups in total. The van der Waals surface area contributed by atoms with Gasteiger partial charge < -0.3 is 10.4 Å². The maximum Gasteiger partial charge on any atom is 0.182 e. The quantitative estimate of drug-likeness (QED) is 0.749. The van der Waals surface area contributed by atoms with Crippen LogP contribution in [0, 0.1) is 0 Å². The summed E-state index contributed by atoms with van der Waals surface area (Å²) in [5.41, 5.74) is 0. The lowest BCUT2D eigenvalue weighted by Gasteiger charge is -2.24. The number of thiazole rings is 1. The van der Waals surface area contributed by atoms with Gasteiger partial charge in [0.05, 0.1) is 6.61 Å². The first-order chi connectivity index (χ1) is 8.17.